The molecule has 162 valence electrons. The largest absolute Gasteiger partial charge is 0.379 e. The van der Waals surface area contributed by atoms with Gasteiger partial charge in [0.2, 0.25) is 0 Å². The van der Waals surface area contributed by atoms with Crippen LogP contribution in [0.4, 0.5) is 5.82 Å². The Hall–Kier alpha value is -3.69. The summed E-state index contributed by atoms with van der Waals surface area (Å²) in [4.78, 5) is 19.5. The van der Waals surface area contributed by atoms with Crippen molar-refractivity contribution < 1.29 is 9.53 Å². The first-order chi connectivity index (χ1) is 15.6. The Morgan fingerprint density at radius 3 is 2.78 bits per heavy atom. The van der Waals surface area contributed by atoms with E-state index >= 15 is 0 Å². The normalized spacial score (nSPS) is 14.5. The molecule has 1 amide bonds. The van der Waals surface area contributed by atoms with Crippen molar-refractivity contribution in [3.8, 4) is 11.1 Å². The van der Waals surface area contributed by atoms with Crippen LogP contribution in [0.5, 0.6) is 0 Å². The predicted octanol–water partition coefficient (Wildman–Crippen LogP) is 2.51. The summed E-state index contributed by atoms with van der Waals surface area (Å²) in [6.07, 6.45) is 5.43. The lowest BCUT2D eigenvalue weighted by atomic mass is 10.1. The zero-order valence-corrected chi connectivity index (χ0v) is 17.7. The number of benzene rings is 1. The van der Waals surface area contributed by atoms with Crippen LogP contribution in [-0.2, 0) is 18.3 Å². The first-order valence-electron chi connectivity index (χ1n) is 10.5. The fourth-order valence-corrected chi connectivity index (χ4v) is 3.74. The topological polar surface area (TPSA) is 98.1 Å². The van der Waals surface area contributed by atoms with Gasteiger partial charge in [-0.3, -0.25) is 19.4 Å². The molecular weight excluding hydrogens is 406 g/mol. The lowest BCUT2D eigenvalue weighted by Gasteiger charge is -2.26. The molecule has 0 spiro atoms. The molecule has 1 aliphatic heterocycles. The molecule has 3 aromatic heterocycles. The average Bonchev–Trinajstić information content (AvgIpc) is 3.26. The number of ether oxygens (including phenoxy) is 1. The fourth-order valence-electron chi connectivity index (χ4n) is 3.74. The van der Waals surface area contributed by atoms with Crippen LogP contribution in [-0.4, -0.2) is 62.1 Å². The smallest absolute Gasteiger partial charge is 0.256 e. The summed E-state index contributed by atoms with van der Waals surface area (Å²) in [6, 6.07) is 11.3. The number of aromatic nitrogens is 5. The molecule has 9 heteroatoms. The van der Waals surface area contributed by atoms with Crippen molar-refractivity contribution in [1.82, 2.24) is 29.9 Å². The van der Waals surface area contributed by atoms with Gasteiger partial charge in [0.25, 0.3) is 5.91 Å². The molecule has 4 aromatic rings. The van der Waals surface area contributed by atoms with Crippen molar-refractivity contribution in [2.45, 2.75) is 6.54 Å². The molecule has 0 unspecified atom stereocenters. The highest BCUT2D eigenvalue weighted by atomic mass is 16.5. The molecule has 1 aromatic carbocycles. The van der Waals surface area contributed by atoms with Gasteiger partial charge in [0, 0.05) is 55.6 Å². The third-order valence-electron chi connectivity index (χ3n) is 5.43. The number of rotatable bonds is 5. The van der Waals surface area contributed by atoms with Gasteiger partial charge in [-0.25, -0.2) is 0 Å². The van der Waals surface area contributed by atoms with Gasteiger partial charge < -0.3 is 10.1 Å². The number of hydrogen-bond donors (Lipinski definition) is 1. The summed E-state index contributed by atoms with van der Waals surface area (Å²) in [5.74, 6) is 0.157. The Kier molecular flexibility index (Phi) is 5.57. The summed E-state index contributed by atoms with van der Waals surface area (Å²) in [6.45, 7) is 3.88. The van der Waals surface area contributed by atoms with Crippen LogP contribution in [0.25, 0.3) is 22.0 Å². The minimum absolute atomic E-state index is 0.243. The van der Waals surface area contributed by atoms with Crippen LogP contribution in [0.1, 0.15) is 16.1 Å². The van der Waals surface area contributed by atoms with Gasteiger partial charge >= 0.3 is 0 Å². The van der Waals surface area contributed by atoms with Crippen LogP contribution in [0.15, 0.2) is 55.0 Å². The van der Waals surface area contributed by atoms with E-state index in [-0.39, 0.29) is 5.91 Å². The maximum atomic E-state index is 12.8. The highest BCUT2D eigenvalue weighted by Crippen LogP contribution is 2.24. The van der Waals surface area contributed by atoms with Gasteiger partial charge in [0.1, 0.15) is 0 Å². The monoisotopic (exact) mass is 429 g/mol. The van der Waals surface area contributed by atoms with Crippen LogP contribution in [0.3, 0.4) is 0 Å². The Morgan fingerprint density at radius 1 is 1.09 bits per heavy atom. The molecule has 32 heavy (non-hydrogen) atoms. The second kappa shape index (κ2) is 8.81. The Labute approximate surface area is 185 Å². The third kappa shape index (κ3) is 4.48. The number of carbonyl (C=O) groups excluding carboxylic acids is 1. The molecular formula is C23H23N7O2. The fraction of sp³-hybridized carbons (Fsp3) is 0.261. The van der Waals surface area contributed by atoms with E-state index in [0.717, 1.165) is 54.0 Å². The summed E-state index contributed by atoms with van der Waals surface area (Å²) >= 11 is 0. The molecule has 1 aliphatic rings. The van der Waals surface area contributed by atoms with Crippen molar-refractivity contribution >= 4 is 22.6 Å². The molecule has 4 heterocycles. The van der Waals surface area contributed by atoms with E-state index in [1.165, 1.54) is 0 Å². The van der Waals surface area contributed by atoms with Gasteiger partial charge in [-0.2, -0.15) is 5.10 Å². The van der Waals surface area contributed by atoms with E-state index < -0.39 is 0 Å². The molecule has 5 rings (SSSR count). The van der Waals surface area contributed by atoms with Crippen LogP contribution < -0.4 is 5.32 Å². The Morgan fingerprint density at radius 2 is 1.97 bits per heavy atom. The Bertz CT molecular complexity index is 1260. The van der Waals surface area contributed by atoms with E-state index in [1.54, 1.807) is 16.9 Å². The predicted molar refractivity (Wildman–Crippen MR) is 120 cm³/mol. The molecule has 9 nitrogen and oxygen atoms in total. The summed E-state index contributed by atoms with van der Waals surface area (Å²) in [5.41, 5.74) is 4.19. The maximum Gasteiger partial charge on any atom is 0.256 e. The second-order valence-corrected chi connectivity index (χ2v) is 7.78. The number of anilines is 1. The molecule has 1 saturated heterocycles. The van der Waals surface area contributed by atoms with Crippen molar-refractivity contribution in [3.05, 3.63) is 66.2 Å². The van der Waals surface area contributed by atoms with Crippen LogP contribution >= 0.6 is 0 Å². The Balaban J connectivity index is 1.33. The quantitative estimate of drug-likeness (QED) is 0.520. The van der Waals surface area contributed by atoms with Gasteiger partial charge in [-0.15, -0.1) is 10.2 Å². The average molecular weight is 429 g/mol. The molecule has 0 bridgehead atoms. The van der Waals surface area contributed by atoms with Crippen molar-refractivity contribution in [2.75, 3.05) is 31.6 Å². The van der Waals surface area contributed by atoms with Crippen molar-refractivity contribution in [1.29, 1.82) is 0 Å². The number of fused-ring (bicyclic) bond motifs is 1. The van der Waals surface area contributed by atoms with Gasteiger partial charge in [0.15, 0.2) is 5.82 Å². The standard InChI is InChI=1S/C23H23N7O2/c1-29-14-19(13-25-29)16-2-3-21-18(10-16)12-22(28-27-21)26-23(31)17-4-5-24-20(11-17)15-30-6-8-32-9-7-30/h2-5,10-14H,6-9,15H2,1H3,(H,26,28,31). The minimum atomic E-state index is -0.243. The van der Waals surface area contributed by atoms with Gasteiger partial charge in [-0.05, 0) is 35.9 Å². The molecule has 1 fully saturated rings. The number of morpholine rings is 1. The van der Waals surface area contributed by atoms with E-state index in [1.807, 2.05) is 49.8 Å². The highest BCUT2D eigenvalue weighted by molar-refractivity contribution is 6.04. The first-order valence-corrected chi connectivity index (χ1v) is 10.5. The summed E-state index contributed by atoms with van der Waals surface area (Å²) < 4.78 is 7.15. The van der Waals surface area contributed by atoms with Crippen LogP contribution in [0, 0.1) is 0 Å². The SMILES string of the molecule is Cn1cc(-c2ccc3nnc(NC(=O)c4ccnc(CN5CCOCC5)c4)cc3c2)cn1. The number of nitrogens with zero attached hydrogens (tertiary/aromatic N) is 6. The molecule has 0 radical (unpaired) electrons. The number of pyridine rings is 1. The number of hydrogen-bond acceptors (Lipinski definition) is 7. The van der Waals surface area contributed by atoms with Gasteiger partial charge in [0.05, 0.1) is 30.6 Å². The molecule has 0 saturated carbocycles. The minimum Gasteiger partial charge on any atom is -0.379 e. The number of aryl methyl sites for hydroxylation is 1. The second-order valence-electron chi connectivity index (χ2n) is 7.78. The molecule has 0 atom stereocenters. The van der Waals surface area contributed by atoms with Crippen molar-refractivity contribution in [2.24, 2.45) is 7.05 Å². The van der Waals surface area contributed by atoms with Crippen LogP contribution in [0.2, 0.25) is 0 Å². The molecule has 1 N–H and O–H groups in total. The number of carbonyl (C=O) groups is 1. The highest BCUT2D eigenvalue weighted by Gasteiger charge is 2.14. The van der Waals surface area contributed by atoms with E-state index in [0.29, 0.717) is 17.9 Å². The lowest BCUT2D eigenvalue weighted by Crippen LogP contribution is -2.35. The third-order valence-corrected chi connectivity index (χ3v) is 5.43. The summed E-state index contributed by atoms with van der Waals surface area (Å²) in [7, 11) is 1.88. The zero-order chi connectivity index (χ0) is 21.9. The van der Waals surface area contributed by atoms with E-state index in [2.05, 4.69) is 30.5 Å². The van der Waals surface area contributed by atoms with E-state index in [9.17, 15) is 4.79 Å². The van der Waals surface area contributed by atoms with Crippen molar-refractivity contribution in [3.63, 3.8) is 0 Å². The number of amides is 1. The lowest BCUT2D eigenvalue weighted by molar-refractivity contribution is 0.0336. The maximum absolute atomic E-state index is 12.8. The van der Waals surface area contributed by atoms with E-state index in [4.69, 9.17) is 4.74 Å². The first kappa shape index (κ1) is 20.2. The number of nitrogens with one attached hydrogen (secondary N) is 1. The summed E-state index contributed by atoms with van der Waals surface area (Å²) in [5, 5.41) is 16.4. The molecule has 0 aliphatic carbocycles. The van der Waals surface area contributed by atoms with Gasteiger partial charge in [-0.1, -0.05) is 6.07 Å². The zero-order valence-electron chi connectivity index (χ0n) is 17.7.